The van der Waals surface area contributed by atoms with Crippen LogP contribution in [-0.4, -0.2) is 47.4 Å². The smallest absolute Gasteiger partial charge is 0.266 e. The van der Waals surface area contributed by atoms with Crippen LogP contribution in [0.3, 0.4) is 0 Å². The molecule has 3 heterocycles. The molecule has 3 aliphatic heterocycles. The van der Waals surface area contributed by atoms with Crippen LogP contribution in [0.2, 0.25) is 0 Å². The monoisotopic (exact) mass is 583 g/mol. The van der Waals surface area contributed by atoms with Gasteiger partial charge in [0.2, 0.25) is 11.8 Å². The first-order valence-corrected chi connectivity index (χ1v) is 14.1. The van der Waals surface area contributed by atoms with E-state index >= 15 is 0 Å². The van der Waals surface area contributed by atoms with Crippen molar-refractivity contribution in [1.82, 2.24) is 4.90 Å². The third-order valence-electron chi connectivity index (χ3n) is 8.59. The van der Waals surface area contributed by atoms with Gasteiger partial charge >= 0.3 is 0 Å². The molecule has 0 spiro atoms. The molecule has 0 aromatic heterocycles. The molecule has 4 aromatic rings. The Morgan fingerprint density at radius 1 is 0.455 bits per heavy atom. The first-order chi connectivity index (χ1) is 21.0. The summed E-state index contributed by atoms with van der Waals surface area (Å²) in [6, 6.07) is 20.8. The molecule has 9 nitrogen and oxygen atoms in total. The van der Waals surface area contributed by atoms with Gasteiger partial charge in [0.05, 0.1) is 33.6 Å². The Bertz CT molecular complexity index is 2030. The Balaban J connectivity index is 1.18. The second kappa shape index (κ2) is 9.67. The fourth-order valence-electron chi connectivity index (χ4n) is 6.24. The highest BCUT2D eigenvalue weighted by molar-refractivity contribution is 6.34. The van der Waals surface area contributed by atoms with Crippen molar-refractivity contribution < 1.29 is 28.8 Å². The molecule has 0 unspecified atom stereocenters. The van der Waals surface area contributed by atoms with Crippen molar-refractivity contribution in [2.24, 2.45) is 0 Å². The molecule has 9 heteroatoms. The number of fused-ring (bicyclic) bond motifs is 2. The Labute approximate surface area is 252 Å². The topological polar surface area (TPSA) is 112 Å². The van der Waals surface area contributed by atoms with E-state index in [0.29, 0.717) is 33.6 Å². The van der Waals surface area contributed by atoms with Gasteiger partial charge < -0.3 is 0 Å². The van der Waals surface area contributed by atoms with E-state index in [2.05, 4.69) is 0 Å². The second-order valence-electron chi connectivity index (χ2n) is 11.3. The predicted molar refractivity (Wildman–Crippen MR) is 163 cm³/mol. The molecule has 0 bridgehead atoms. The number of anilines is 2. The lowest BCUT2D eigenvalue weighted by Crippen LogP contribution is -2.29. The van der Waals surface area contributed by atoms with Crippen molar-refractivity contribution in [2.75, 3.05) is 16.8 Å². The van der Waals surface area contributed by atoms with Crippen molar-refractivity contribution in [1.29, 1.82) is 0 Å². The fourth-order valence-corrected chi connectivity index (χ4v) is 6.24. The van der Waals surface area contributed by atoms with Crippen LogP contribution in [0.15, 0.2) is 72.8 Å². The minimum Gasteiger partial charge on any atom is -0.277 e. The van der Waals surface area contributed by atoms with Gasteiger partial charge in [0, 0.05) is 19.9 Å². The van der Waals surface area contributed by atoms with Gasteiger partial charge in [-0.2, -0.15) is 0 Å². The summed E-state index contributed by atoms with van der Waals surface area (Å²) in [6.07, 6.45) is 0.433. The SMILES string of the molecule is Cc1cc(N2C(=O)CCC2=O)ccc1-c1ccc(N2C(=O)c3ccc(-c4ccc5c(c4)C(=O)N(C)C5=O)cc3C2=O)cc1C. The number of amides is 6. The van der Waals surface area contributed by atoms with Crippen molar-refractivity contribution >= 4 is 46.8 Å². The first-order valence-electron chi connectivity index (χ1n) is 14.1. The molecule has 1 saturated heterocycles. The summed E-state index contributed by atoms with van der Waals surface area (Å²) in [6.45, 7) is 3.80. The highest BCUT2D eigenvalue weighted by Gasteiger charge is 2.38. The van der Waals surface area contributed by atoms with E-state index in [0.717, 1.165) is 32.1 Å². The summed E-state index contributed by atoms with van der Waals surface area (Å²) in [5.41, 5.74) is 6.98. The van der Waals surface area contributed by atoms with Crippen LogP contribution < -0.4 is 9.80 Å². The van der Waals surface area contributed by atoms with Crippen molar-refractivity contribution in [3.63, 3.8) is 0 Å². The normalized spacial score (nSPS) is 16.0. The van der Waals surface area contributed by atoms with Crippen molar-refractivity contribution in [2.45, 2.75) is 26.7 Å². The molecular formula is C35H25N3O6. The average Bonchev–Trinajstić information content (AvgIpc) is 3.56. The lowest BCUT2D eigenvalue weighted by atomic mass is 9.95. The molecule has 216 valence electrons. The van der Waals surface area contributed by atoms with Gasteiger partial charge in [-0.15, -0.1) is 0 Å². The standard InChI is InChI=1S/C35H25N3O6/c1-18-14-22(37-30(39)12-13-31(37)40)6-10-24(18)25-11-7-23(15-19(25)2)38-34(43)27-9-5-21(17-29(27)35(38)44)20-4-8-26-28(16-20)33(42)36(3)32(26)41/h4-11,14-17H,12-13H2,1-3H3. The zero-order chi connectivity index (χ0) is 31.0. The second-order valence-corrected chi connectivity index (χ2v) is 11.3. The van der Waals surface area contributed by atoms with E-state index in [-0.39, 0.29) is 47.6 Å². The number of imide groups is 3. The number of hydrogen-bond acceptors (Lipinski definition) is 6. The molecule has 6 amide bonds. The quantitative estimate of drug-likeness (QED) is 0.301. The predicted octanol–water partition coefficient (Wildman–Crippen LogP) is 5.32. The third-order valence-corrected chi connectivity index (χ3v) is 8.59. The number of nitrogens with zero attached hydrogens (tertiary/aromatic N) is 3. The van der Waals surface area contributed by atoms with Gasteiger partial charge in [0.15, 0.2) is 0 Å². The maximum Gasteiger partial charge on any atom is 0.266 e. The molecule has 44 heavy (non-hydrogen) atoms. The summed E-state index contributed by atoms with van der Waals surface area (Å²) in [5, 5.41) is 0. The van der Waals surface area contributed by atoms with E-state index in [1.807, 2.05) is 32.0 Å². The van der Waals surface area contributed by atoms with E-state index in [1.54, 1.807) is 54.6 Å². The van der Waals surface area contributed by atoms with Gasteiger partial charge in [-0.25, -0.2) is 4.90 Å². The first kappa shape index (κ1) is 27.2. The molecule has 0 N–H and O–H groups in total. The number of hydrogen-bond donors (Lipinski definition) is 0. The average molecular weight is 584 g/mol. The lowest BCUT2D eigenvalue weighted by molar-refractivity contribution is -0.121. The van der Waals surface area contributed by atoms with Crippen LogP contribution in [0.25, 0.3) is 22.3 Å². The van der Waals surface area contributed by atoms with Crippen molar-refractivity contribution in [3.05, 3.63) is 106 Å². The molecule has 0 radical (unpaired) electrons. The van der Waals surface area contributed by atoms with E-state index < -0.39 is 11.8 Å². The Morgan fingerprint density at radius 2 is 0.864 bits per heavy atom. The molecular weight excluding hydrogens is 558 g/mol. The highest BCUT2D eigenvalue weighted by Crippen LogP contribution is 2.37. The minimum absolute atomic E-state index is 0.206. The van der Waals surface area contributed by atoms with Crippen LogP contribution in [0.1, 0.15) is 65.4 Å². The van der Waals surface area contributed by atoms with Crippen LogP contribution in [0, 0.1) is 13.8 Å². The summed E-state index contributed by atoms with van der Waals surface area (Å²) in [7, 11) is 1.44. The van der Waals surface area contributed by atoms with Crippen LogP contribution in [0.5, 0.6) is 0 Å². The van der Waals surface area contributed by atoms with Crippen LogP contribution in [-0.2, 0) is 9.59 Å². The maximum absolute atomic E-state index is 13.6. The number of carbonyl (C=O) groups excluding carboxylic acids is 6. The Kier molecular flexibility index (Phi) is 5.97. The van der Waals surface area contributed by atoms with Gasteiger partial charge in [0.25, 0.3) is 23.6 Å². The van der Waals surface area contributed by atoms with E-state index in [4.69, 9.17) is 0 Å². The van der Waals surface area contributed by atoms with Crippen LogP contribution >= 0.6 is 0 Å². The lowest BCUT2D eigenvalue weighted by Gasteiger charge is -2.19. The zero-order valence-electron chi connectivity index (χ0n) is 24.1. The summed E-state index contributed by atoms with van der Waals surface area (Å²) in [5.74, 6) is -2.03. The molecule has 0 aliphatic carbocycles. The summed E-state index contributed by atoms with van der Waals surface area (Å²) >= 11 is 0. The molecule has 1 fully saturated rings. The Morgan fingerprint density at radius 3 is 1.39 bits per heavy atom. The molecule has 7 rings (SSSR count). The van der Waals surface area contributed by atoms with Crippen molar-refractivity contribution in [3.8, 4) is 22.3 Å². The summed E-state index contributed by atoms with van der Waals surface area (Å²) in [4.78, 5) is 79.6. The van der Waals surface area contributed by atoms with Crippen LogP contribution in [0.4, 0.5) is 11.4 Å². The number of aryl methyl sites for hydroxylation is 2. The third kappa shape index (κ3) is 3.93. The highest BCUT2D eigenvalue weighted by atomic mass is 16.2. The maximum atomic E-state index is 13.6. The molecule has 0 saturated carbocycles. The minimum atomic E-state index is -0.452. The van der Waals surface area contributed by atoms with E-state index in [1.165, 1.54) is 11.9 Å². The summed E-state index contributed by atoms with van der Waals surface area (Å²) < 4.78 is 0. The molecule has 0 atom stereocenters. The molecule has 3 aliphatic rings. The largest absolute Gasteiger partial charge is 0.277 e. The zero-order valence-corrected chi connectivity index (χ0v) is 24.1. The number of rotatable bonds is 4. The van der Waals surface area contributed by atoms with Gasteiger partial charge in [-0.05, 0) is 95.8 Å². The number of carbonyl (C=O) groups is 6. The van der Waals surface area contributed by atoms with Gasteiger partial charge in [0.1, 0.15) is 0 Å². The van der Waals surface area contributed by atoms with Gasteiger partial charge in [-0.3, -0.25) is 38.6 Å². The fraction of sp³-hybridized carbons (Fsp3) is 0.143. The van der Waals surface area contributed by atoms with E-state index in [9.17, 15) is 28.8 Å². The number of benzene rings is 4. The molecule has 4 aromatic carbocycles. The van der Waals surface area contributed by atoms with Gasteiger partial charge in [-0.1, -0.05) is 24.3 Å². The Hall–Kier alpha value is -5.70.